The van der Waals surface area contributed by atoms with Gasteiger partial charge < -0.3 is 15.0 Å². The number of H-pyrrole nitrogens is 1. The first-order valence-electron chi connectivity index (χ1n) is 6.25. The molecule has 4 nitrogen and oxygen atoms in total. The summed E-state index contributed by atoms with van der Waals surface area (Å²) in [5.41, 5.74) is 2.94. The maximum absolute atomic E-state index is 14.6. The molecular weight excluding hydrogens is 257 g/mol. The quantitative estimate of drug-likeness (QED) is 0.762. The van der Waals surface area contributed by atoms with E-state index in [1.54, 1.807) is 7.11 Å². The Bertz CT molecular complexity index is 725. The number of aromatic amines is 1. The fraction of sp³-hybridized carbons (Fsp3) is 0.133. The number of benzene rings is 2. The smallest absolute Gasteiger partial charge is 0.174 e. The summed E-state index contributed by atoms with van der Waals surface area (Å²) in [5.74, 6) is -0.375. The van der Waals surface area contributed by atoms with Crippen molar-refractivity contribution in [2.45, 2.75) is 6.61 Å². The number of ether oxygens (including phenoxy) is 1. The summed E-state index contributed by atoms with van der Waals surface area (Å²) in [6, 6.07) is 11.3. The molecule has 1 heterocycles. The number of methoxy groups -OCH3 is 1. The first-order chi connectivity index (χ1) is 9.79. The lowest BCUT2D eigenvalue weighted by Crippen LogP contribution is -2.01. The fourth-order valence-corrected chi connectivity index (χ4v) is 2.17. The van der Waals surface area contributed by atoms with Crippen LogP contribution in [-0.2, 0) is 11.3 Å². The van der Waals surface area contributed by atoms with E-state index in [-0.39, 0.29) is 5.82 Å². The van der Waals surface area contributed by atoms with Gasteiger partial charge in [0.25, 0.3) is 0 Å². The predicted octanol–water partition coefficient (Wildman–Crippen LogP) is 3.59. The molecule has 0 atom stereocenters. The van der Waals surface area contributed by atoms with E-state index in [0.29, 0.717) is 23.3 Å². The molecule has 0 aliphatic carbocycles. The highest BCUT2D eigenvalue weighted by Crippen LogP contribution is 2.30. The van der Waals surface area contributed by atoms with Gasteiger partial charge in [0.1, 0.15) is 5.52 Å². The van der Waals surface area contributed by atoms with Crippen molar-refractivity contribution < 1.29 is 9.13 Å². The van der Waals surface area contributed by atoms with E-state index in [9.17, 15) is 4.39 Å². The van der Waals surface area contributed by atoms with E-state index in [0.717, 1.165) is 11.3 Å². The van der Waals surface area contributed by atoms with Crippen LogP contribution in [-0.4, -0.2) is 17.1 Å². The largest absolute Gasteiger partial charge is 0.380 e. The summed E-state index contributed by atoms with van der Waals surface area (Å²) in [5, 5.41) is 3.10. The topological polar surface area (TPSA) is 49.9 Å². The van der Waals surface area contributed by atoms with Crippen molar-refractivity contribution in [3.63, 3.8) is 0 Å². The molecular formula is C15H14FN3O. The second kappa shape index (κ2) is 5.30. The summed E-state index contributed by atoms with van der Waals surface area (Å²) in [4.78, 5) is 6.93. The summed E-state index contributed by atoms with van der Waals surface area (Å²) in [7, 11) is 1.58. The third-order valence-electron chi connectivity index (χ3n) is 3.08. The van der Waals surface area contributed by atoms with Crippen LogP contribution in [0.4, 0.5) is 15.8 Å². The molecule has 0 fully saturated rings. The van der Waals surface area contributed by atoms with Crippen LogP contribution >= 0.6 is 0 Å². The highest BCUT2D eigenvalue weighted by atomic mass is 19.1. The van der Waals surface area contributed by atoms with E-state index in [2.05, 4.69) is 15.3 Å². The lowest BCUT2D eigenvalue weighted by atomic mass is 10.1. The lowest BCUT2D eigenvalue weighted by Gasteiger charge is -2.13. The van der Waals surface area contributed by atoms with Crippen molar-refractivity contribution in [1.29, 1.82) is 0 Å². The van der Waals surface area contributed by atoms with Gasteiger partial charge >= 0.3 is 0 Å². The second-order valence-corrected chi connectivity index (χ2v) is 4.45. The van der Waals surface area contributed by atoms with Crippen molar-refractivity contribution in [2.75, 3.05) is 12.4 Å². The second-order valence-electron chi connectivity index (χ2n) is 4.45. The number of aromatic nitrogens is 2. The van der Waals surface area contributed by atoms with Gasteiger partial charge in [0, 0.05) is 18.4 Å². The minimum absolute atomic E-state index is 0.320. The Morgan fingerprint density at radius 3 is 2.85 bits per heavy atom. The molecule has 1 aromatic heterocycles. The van der Waals surface area contributed by atoms with Crippen LogP contribution in [0.15, 0.2) is 42.7 Å². The number of para-hydroxylation sites is 1. The third kappa shape index (κ3) is 2.23. The van der Waals surface area contributed by atoms with E-state index >= 15 is 0 Å². The number of fused-ring (bicyclic) bond motifs is 1. The van der Waals surface area contributed by atoms with Crippen molar-refractivity contribution >= 4 is 22.4 Å². The molecule has 0 saturated carbocycles. The van der Waals surface area contributed by atoms with Crippen molar-refractivity contribution in [1.82, 2.24) is 9.97 Å². The first-order valence-corrected chi connectivity index (χ1v) is 6.25. The van der Waals surface area contributed by atoms with E-state index < -0.39 is 0 Å². The summed E-state index contributed by atoms with van der Waals surface area (Å²) < 4.78 is 19.7. The summed E-state index contributed by atoms with van der Waals surface area (Å²) in [6.45, 7) is 0.320. The van der Waals surface area contributed by atoms with Gasteiger partial charge in [-0.1, -0.05) is 18.2 Å². The van der Waals surface area contributed by atoms with Gasteiger partial charge in [-0.25, -0.2) is 9.37 Å². The zero-order valence-electron chi connectivity index (χ0n) is 11.0. The number of nitrogens with zero attached hydrogens (tertiary/aromatic N) is 1. The molecule has 102 valence electrons. The van der Waals surface area contributed by atoms with Gasteiger partial charge in [0.05, 0.1) is 24.1 Å². The number of nitrogens with one attached hydrogen (secondary N) is 2. The predicted molar refractivity (Wildman–Crippen MR) is 76.5 cm³/mol. The molecule has 3 aromatic rings. The Morgan fingerprint density at radius 1 is 1.30 bits per heavy atom. The molecule has 20 heavy (non-hydrogen) atoms. The van der Waals surface area contributed by atoms with Crippen LogP contribution in [0, 0.1) is 5.82 Å². The molecule has 0 amide bonds. The Balaban J connectivity index is 2.11. The van der Waals surface area contributed by atoms with Crippen LogP contribution < -0.4 is 5.32 Å². The number of imidazole rings is 1. The average Bonchev–Trinajstić information content (AvgIpc) is 2.93. The molecule has 2 aromatic carbocycles. The minimum atomic E-state index is -0.375. The number of anilines is 2. The Labute approximate surface area is 115 Å². The van der Waals surface area contributed by atoms with Gasteiger partial charge in [-0.15, -0.1) is 0 Å². The number of hydrogen-bond acceptors (Lipinski definition) is 3. The molecule has 0 spiro atoms. The van der Waals surface area contributed by atoms with E-state index in [4.69, 9.17) is 4.74 Å². The Morgan fingerprint density at radius 2 is 2.10 bits per heavy atom. The Hall–Kier alpha value is -2.40. The molecule has 0 bridgehead atoms. The van der Waals surface area contributed by atoms with Crippen molar-refractivity contribution in [2.24, 2.45) is 0 Å². The molecule has 0 saturated heterocycles. The zero-order chi connectivity index (χ0) is 13.9. The van der Waals surface area contributed by atoms with Gasteiger partial charge in [0.2, 0.25) is 0 Å². The Kier molecular flexibility index (Phi) is 3.35. The third-order valence-corrected chi connectivity index (χ3v) is 3.08. The van der Waals surface area contributed by atoms with Crippen LogP contribution in [0.5, 0.6) is 0 Å². The molecule has 3 rings (SSSR count). The number of rotatable bonds is 4. The molecule has 0 aliphatic heterocycles. The fourth-order valence-electron chi connectivity index (χ4n) is 2.17. The maximum atomic E-state index is 14.6. The first kappa shape index (κ1) is 12.6. The standard InChI is InChI=1S/C15H14FN3O/c1-20-8-10-7-12-15(18-9-17-12)13(16)14(10)19-11-5-3-2-4-6-11/h2-7,9,19H,8H2,1H3,(H,17,18). The van der Waals surface area contributed by atoms with Gasteiger partial charge in [-0.3, -0.25) is 0 Å². The van der Waals surface area contributed by atoms with Crippen LogP contribution in [0.2, 0.25) is 0 Å². The SMILES string of the molecule is COCc1cc2[nH]cnc2c(F)c1Nc1ccccc1. The van der Waals surface area contributed by atoms with Crippen LogP contribution in [0.1, 0.15) is 5.56 Å². The minimum Gasteiger partial charge on any atom is -0.380 e. The lowest BCUT2D eigenvalue weighted by molar-refractivity contribution is 0.185. The summed E-state index contributed by atoms with van der Waals surface area (Å²) in [6.07, 6.45) is 1.48. The normalized spacial score (nSPS) is 10.9. The molecule has 2 N–H and O–H groups in total. The van der Waals surface area contributed by atoms with Gasteiger partial charge in [-0.2, -0.15) is 0 Å². The summed E-state index contributed by atoms with van der Waals surface area (Å²) >= 11 is 0. The van der Waals surface area contributed by atoms with Crippen molar-refractivity contribution in [3.05, 3.63) is 54.1 Å². The molecule has 0 aliphatic rings. The van der Waals surface area contributed by atoms with Gasteiger partial charge in [-0.05, 0) is 18.2 Å². The average molecular weight is 271 g/mol. The van der Waals surface area contributed by atoms with Gasteiger partial charge in [0.15, 0.2) is 5.82 Å². The number of halogens is 1. The molecule has 5 heteroatoms. The van der Waals surface area contributed by atoms with E-state index in [1.165, 1.54) is 6.33 Å². The monoisotopic (exact) mass is 271 g/mol. The number of hydrogen-bond donors (Lipinski definition) is 2. The molecule has 0 unspecified atom stereocenters. The zero-order valence-corrected chi connectivity index (χ0v) is 11.0. The molecule has 0 radical (unpaired) electrons. The van der Waals surface area contributed by atoms with Crippen LogP contribution in [0.3, 0.4) is 0 Å². The highest BCUT2D eigenvalue weighted by Gasteiger charge is 2.15. The van der Waals surface area contributed by atoms with Crippen LogP contribution in [0.25, 0.3) is 11.0 Å². The van der Waals surface area contributed by atoms with E-state index in [1.807, 2.05) is 36.4 Å². The maximum Gasteiger partial charge on any atom is 0.174 e. The highest BCUT2D eigenvalue weighted by molar-refractivity contribution is 5.83. The van der Waals surface area contributed by atoms with Crippen molar-refractivity contribution in [3.8, 4) is 0 Å².